The minimum absolute atomic E-state index is 0.367. The molecule has 4 aliphatic rings. The van der Waals surface area contributed by atoms with Gasteiger partial charge in [-0.2, -0.15) is 0 Å². The summed E-state index contributed by atoms with van der Waals surface area (Å²) in [5, 5.41) is 0. The van der Waals surface area contributed by atoms with Crippen molar-refractivity contribution in [3.05, 3.63) is 12.2 Å². The molecule has 2 nitrogen and oxygen atoms in total. The molecule has 0 aromatic rings. The zero-order valence-electron chi connectivity index (χ0n) is 20.4. The highest BCUT2D eigenvalue weighted by Crippen LogP contribution is 2.65. The van der Waals surface area contributed by atoms with E-state index >= 15 is 0 Å². The van der Waals surface area contributed by atoms with Crippen molar-refractivity contribution in [2.75, 3.05) is 0 Å². The molecule has 4 aliphatic carbocycles. The third-order valence-corrected chi connectivity index (χ3v) is 11.1. The average Bonchev–Trinajstić information content (AvgIpc) is 2.89. The summed E-state index contributed by atoms with van der Waals surface area (Å²) >= 11 is 0. The second kappa shape index (κ2) is 7.32. The lowest BCUT2D eigenvalue weighted by Crippen LogP contribution is -2.54. The van der Waals surface area contributed by atoms with E-state index in [-0.39, 0.29) is 0 Å². The Morgan fingerprint density at radius 2 is 1.48 bits per heavy atom. The van der Waals surface area contributed by atoms with Crippen LogP contribution in [-0.4, -0.2) is 28.8 Å². The number of allylic oxidation sites excluding steroid dienone is 1. The van der Waals surface area contributed by atoms with Gasteiger partial charge in [0.1, 0.15) is 0 Å². The second-order valence-corrected chi connectivity index (χ2v) is 22.1. The van der Waals surface area contributed by atoms with E-state index in [1.807, 2.05) is 0 Å². The maximum Gasteiger partial charge on any atom is 0.184 e. The monoisotopic (exact) mass is 434 g/mol. The third kappa shape index (κ3) is 4.13. The summed E-state index contributed by atoms with van der Waals surface area (Å²) in [5.74, 6) is 3.47. The number of hydrogen-bond acceptors (Lipinski definition) is 2. The molecule has 3 saturated carbocycles. The zero-order valence-corrected chi connectivity index (χ0v) is 22.4. The molecule has 0 aromatic heterocycles. The first kappa shape index (κ1) is 22.3. The quantitative estimate of drug-likeness (QED) is 0.343. The fraction of sp³-hybridized carbons (Fsp3) is 0.920. The lowest BCUT2D eigenvalue weighted by atomic mass is 9.46. The van der Waals surface area contributed by atoms with Gasteiger partial charge < -0.3 is 8.85 Å². The normalized spacial score (nSPS) is 47.4. The maximum atomic E-state index is 6.76. The van der Waals surface area contributed by atoms with Gasteiger partial charge in [-0.1, -0.05) is 26.0 Å². The Balaban J connectivity index is 1.53. The average molecular weight is 435 g/mol. The molecule has 0 bridgehead atoms. The molecule has 0 amide bonds. The first-order valence-corrected chi connectivity index (χ1v) is 19.2. The molecule has 0 aliphatic heterocycles. The van der Waals surface area contributed by atoms with Gasteiger partial charge in [-0.3, -0.25) is 0 Å². The van der Waals surface area contributed by atoms with Crippen molar-refractivity contribution >= 4 is 16.6 Å². The largest absolute Gasteiger partial charge is 0.414 e. The minimum Gasteiger partial charge on any atom is -0.414 e. The van der Waals surface area contributed by atoms with Crippen LogP contribution in [0.4, 0.5) is 0 Å². The molecule has 3 fully saturated rings. The Morgan fingerprint density at radius 1 is 0.793 bits per heavy atom. The summed E-state index contributed by atoms with van der Waals surface area (Å²) in [7, 11) is -2.96. The maximum absolute atomic E-state index is 6.76. The van der Waals surface area contributed by atoms with E-state index in [0.29, 0.717) is 23.0 Å². The molecule has 29 heavy (non-hydrogen) atoms. The van der Waals surface area contributed by atoms with E-state index in [9.17, 15) is 0 Å². The topological polar surface area (TPSA) is 18.5 Å². The Bertz CT molecular complexity index is 648. The highest BCUT2D eigenvalue weighted by Gasteiger charge is 2.60. The molecule has 0 N–H and O–H groups in total. The van der Waals surface area contributed by atoms with Crippen LogP contribution in [0.15, 0.2) is 12.2 Å². The molecule has 0 radical (unpaired) electrons. The molecule has 0 saturated heterocycles. The smallest absolute Gasteiger partial charge is 0.184 e. The summed E-state index contributed by atoms with van der Waals surface area (Å²) < 4.78 is 13.2. The Labute approximate surface area is 182 Å². The molecule has 166 valence electrons. The predicted octanol–water partition coefficient (Wildman–Crippen LogP) is 7.25. The Morgan fingerprint density at radius 3 is 2.14 bits per heavy atom. The Kier molecular flexibility index (Phi) is 5.62. The third-order valence-electron chi connectivity index (χ3n) is 9.06. The SMILES string of the molecule is C[C@]12CCC3C(CC[C@H]4C[C@H](O[Si](C)(C)C)C=C[C@]34C)C1CC[C@@H]2O[Si](C)(C)C. The lowest BCUT2D eigenvalue weighted by molar-refractivity contribution is -0.0958. The second-order valence-electron chi connectivity index (χ2n) is 13.2. The van der Waals surface area contributed by atoms with Gasteiger partial charge in [0, 0.05) is 0 Å². The molecule has 4 heteroatoms. The summed E-state index contributed by atoms with van der Waals surface area (Å²) in [4.78, 5) is 0. The van der Waals surface area contributed by atoms with Crippen LogP contribution in [0.5, 0.6) is 0 Å². The molecule has 0 heterocycles. The van der Waals surface area contributed by atoms with Gasteiger partial charge >= 0.3 is 0 Å². The summed E-state index contributed by atoms with van der Waals surface area (Å²) in [6.07, 6.45) is 15.5. The zero-order chi connectivity index (χ0) is 21.2. The van der Waals surface area contributed by atoms with Crippen LogP contribution in [0.25, 0.3) is 0 Å². The molecule has 8 atom stereocenters. The summed E-state index contributed by atoms with van der Waals surface area (Å²) in [5.41, 5.74) is 0.813. The van der Waals surface area contributed by atoms with Gasteiger partial charge in [-0.05, 0) is 119 Å². The van der Waals surface area contributed by atoms with E-state index in [1.54, 1.807) is 0 Å². The molecular weight excluding hydrogens is 388 g/mol. The van der Waals surface area contributed by atoms with Crippen LogP contribution >= 0.6 is 0 Å². The fourth-order valence-corrected chi connectivity index (χ4v) is 10.2. The summed E-state index contributed by atoms with van der Waals surface area (Å²) in [6.45, 7) is 19.3. The van der Waals surface area contributed by atoms with Crippen molar-refractivity contribution in [2.45, 2.75) is 110 Å². The van der Waals surface area contributed by atoms with Crippen LogP contribution in [0, 0.1) is 34.5 Å². The van der Waals surface area contributed by atoms with Crippen LogP contribution in [-0.2, 0) is 8.85 Å². The van der Waals surface area contributed by atoms with Gasteiger partial charge in [0.15, 0.2) is 16.6 Å². The first-order chi connectivity index (χ1) is 13.3. The van der Waals surface area contributed by atoms with Crippen LogP contribution in [0.1, 0.15) is 58.8 Å². The lowest BCUT2D eigenvalue weighted by Gasteiger charge is -2.59. The van der Waals surface area contributed by atoms with Gasteiger partial charge in [-0.15, -0.1) is 0 Å². The standard InChI is InChI=1S/C25H46O2Si2/c1-24-15-13-19(26-28(3,4)5)17-18(24)9-10-20-21-11-12-23(27-29(6,7)8)25(21,2)16-14-22(20)24/h13,15,18-23H,9-12,14,16-17H2,1-8H3/t18-,19+,20?,21?,22?,23-,24-,25-/m0/s1. The van der Waals surface area contributed by atoms with Gasteiger partial charge in [0.2, 0.25) is 0 Å². The minimum atomic E-state index is -1.48. The van der Waals surface area contributed by atoms with Gasteiger partial charge in [-0.25, -0.2) is 0 Å². The molecule has 0 aromatic carbocycles. The van der Waals surface area contributed by atoms with Crippen LogP contribution < -0.4 is 0 Å². The van der Waals surface area contributed by atoms with Crippen molar-refractivity contribution in [3.8, 4) is 0 Å². The first-order valence-electron chi connectivity index (χ1n) is 12.4. The predicted molar refractivity (Wildman–Crippen MR) is 128 cm³/mol. The van der Waals surface area contributed by atoms with E-state index in [0.717, 1.165) is 23.7 Å². The van der Waals surface area contributed by atoms with Crippen molar-refractivity contribution in [2.24, 2.45) is 34.5 Å². The van der Waals surface area contributed by atoms with Crippen molar-refractivity contribution in [1.29, 1.82) is 0 Å². The molecule has 0 spiro atoms. The van der Waals surface area contributed by atoms with Crippen molar-refractivity contribution in [1.82, 2.24) is 0 Å². The van der Waals surface area contributed by atoms with Crippen molar-refractivity contribution in [3.63, 3.8) is 0 Å². The van der Waals surface area contributed by atoms with E-state index in [1.165, 1.54) is 44.9 Å². The number of fused-ring (bicyclic) bond motifs is 5. The van der Waals surface area contributed by atoms with Crippen LogP contribution in [0.3, 0.4) is 0 Å². The van der Waals surface area contributed by atoms with Crippen LogP contribution in [0.2, 0.25) is 39.3 Å². The van der Waals surface area contributed by atoms with Gasteiger partial charge in [0.25, 0.3) is 0 Å². The van der Waals surface area contributed by atoms with Gasteiger partial charge in [0.05, 0.1) is 12.2 Å². The fourth-order valence-electron chi connectivity index (χ4n) is 7.89. The molecular formula is C25H46O2Si2. The van der Waals surface area contributed by atoms with Crippen molar-refractivity contribution < 1.29 is 8.85 Å². The molecule has 4 rings (SSSR count). The number of hydrogen-bond donors (Lipinski definition) is 0. The van der Waals surface area contributed by atoms with E-state index in [2.05, 4.69) is 65.3 Å². The molecule has 3 unspecified atom stereocenters. The van der Waals surface area contributed by atoms with E-state index in [4.69, 9.17) is 8.85 Å². The van der Waals surface area contributed by atoms with E-state index < -0.39 is 16.6 Å². The highest BCUT2D eigenvalue weighted by atomic mass is 28.4. The highest BCUT2D eigenvalue weighted by molar-refractivity contribution is 6.70. The number of rotatable bonds is 4. The Hall–Kier alpha value is 0.0938. The summed E-state index contributed by atoms with van der Waals surface area (Å²) in [6, 6.07) is 0.